The molecular formula is C24H22ClN3O4S. The molecule has 0 unspecified atom stereocenters. The summed E-state index contributed by atoms with van der Waals surface area (Å²) in [6.07, 6.45) is 1.82. The van der Waals surface area contributed by atoms with Gasteiger partial charge in [0.25, 0.3) is 15.9 Å². The van der Waals surface area contributed by atoms with Crippen molar-refractivity contribution in [2.24, 2.45) is 5.92 Å². The second-order valence-electron chi connectivity index (χ2n) is 7.86. The summed E-state index contributed by atoms with van der Waals surface area (Å²) < 4.78 is 28.4. The molecule has 0 aromatic heterocycles. The van der Waals surface area contributed by atoms with Crippen LogP contribution in [0.4, 0.5) is 17.1 Å². The molecule has 7 nitrogen and oxygen atoms in total. The molecule has 0 atom stereocenters. The number of carbonyl (C=O) groups is 2. The maximum Gasteiger partial charge on any atom is 0.262 e. The van der Waals surface area contributed by atoms with Gasteiger partial charge in [-0.3, -0.25) is 14.3 Å². The molecule has 0 spiro atoms. The molecule has 1 saturated carbocycles. The Bertz CT molecular complexity index is 1320. The number of sulfonamides is 1. The highest BCUT2D eigenvalue weighted by molar-refractivity contribution is 7.92. The number of anilines is 3. The fraction of sp³-hybridized carbons (Fsp3) is 0.167. The van der Waals surface area contributed by atoms with E-state index in [1.54, 1.807) is 67.6 Å². The van der Waals surface area contributed by atoms with Gasteiger partial charge < -0.3 is 10.6 Å². The highest BCUT2D eigenvalue weighted by atomic mass is 35.5. The lowest BCUT2D eigenvalue weighted by atomic mass is 10.1. The lowest BCUT2D eigenvalue weighted by molar-refractivity contribution is -0.117. The third kappa shape index (κ3) is 5.53. The number of halogens is 1. The van der Waals surface area contributed by atoms with Crippen LogP contribution < -0.4 is 15.4 Å². The normalized spacial score (nSPS) is 13.3. The second kappa shape index (κ2) is 9.25. The molecule has 0 radical (unpaired) electrons. The standard InChI is InChI=1S/C24H22ClN3O4S/c1-15-6-11-19(14-22(15)33(31,32)28-21-5-3-2-4-20(21)25)27-24(30)17-9-12-18(13-10-17)26-23(29)16-7-8-16/h2-6,9-14,16,28H,7-8H2,1H3,(H,26,29)(H,27,30). The quantitative estimate of drug-likeness (QED) is 0.437. The van der Waals surface area contributed by atoms with E-state index < -0.39 is 15.9 Å². The molecule has 170 valence electrons. The molecule has 1 aliphatic carbocycles. The molecule has 0 bridgehead atoms. The van der Waals surface area contributed by atoms with Crippen LogP contribution in [-0.2, 0) is 14.8 Å². The van der Waals surface area contributed by atoms with Crippen molar-refractivity contribution >= 4 is 50.5 Å². The van der Waals surface area contributed by atoms with E-state index in [2.05, 4.69) is 15.4 Å². The van der Waals surface area contributed by atoms with Crippen LogP contribution in [0, 0.1) is 12.8 Å². The number of benzene rings is 3. The first-order valence-electron chi connectivity index (χ1n) is 10.3. The van der Waals surface area contributed by atoms with Gasteiger partial charge in [0.05, 0.1) is 15.6 Å². The van der Waals surface area contributed by atoms with Crippen LogP contribution in [0.1, 0.15) is 28.8 Å². The molecule has 1 fully saturated rings. The molecule has 2 amide bonds. The van der Waals surface area contributed by atoms with Gasteiger partial charge in [-0.25, -0.2) is 8.42 Å². The lowest BCUT2D eigenvalue weighted by Gasteiger charge is -2.13. The largest absolute Gasteiger partial charge is 0.326 e. The Labute approximate surface area is 197 Å². The van der Waals surface area contributed by atoms with Gasteiger partial charge in [-0.05, 0) is 73.9 Å². The minimum Gasteiger partial charge on any atom is -0.326 e. The van der Waals surface area contributed by atoms with E-state index in [0.717, 1.165) is 12.8 Å². The second-order valence-corrected chi connectivity index (χ2v) is 9.92. The smallest absolute Gasteiger partial charge is 0.262 e. The number of rotatable bonds is 7. The van der Waals surface area contributed by atoms with Gasteiger partial charge in [0.2, 0.25) is 5.91 Å². The van der Waals surface area contributed by atoms with Crippen LogP contribution in [0.15, 0.2) is 71.6 Å². The zero-order valence-corrected chi connectivity index (χ0v) is 19.3. The van der Waals surface area contributed by atoms with Gasteiger partial charge in [-0.15, -0.1) is 0 Å². The predicted molar refractivity (Wildman–Crippen MR) is 129 cm³/mol. The molecule has 0 heterocycles. The van der Waals surface area contributed by atoms with Crippen LogP contribution in [0.2, 0.25) is 5.02 Å². The van der Waals surface area contributed by atoms with E-state index >= 15 is 0 Å². The summed E-state index contributed by atoms with van der Waals surface area (Å²) in [6.45, 7) is 1.67. The summed E-state index contributed by atoms with van der Waals surface area (Å²) in [6, 6.07) is 17.7. The van der Waals surface area contributed by atoms with Crippen molar-refractivity contribution in [3.05, 3.63) is 82.9 Å². The van der Waals surface area contributed by atoms with E-state index in [1.807, 2.05) is 0 Å². The number of para-hydroxylation sites is 1. The highest BCUT2D eigenvalue weighted by Gasteiger charge is 2.29. The van der Waals surface area contributed by atoms with Crippen LogP contribution >= 0.6 is 11.6 Å². The number of amides is 2. The first kappa shape index (κ1) is 22.8. The third-order valence-electron chi connectivity index (χ3n) is 5.22. The van der Waals surface area contributed by atoms with Gasteiger partial charge in [-0.1, -0.05) is 29.8 Å². The SMILES string of the molecule is Cc1ccc(NC(=O)c2ccc(NC(=O)C3CC3)cc2)cc1S(=O)(=O)Nc1ccccc1Cl. The maximum absolute atomic E-state index is 12.9. The molecule has 3 aromatic carbocycles. The monoisotopic (exact) mass is 483 g/mol. The zero-order valence-electron chi connectivity index (χ0n) is 17.8. The van der Waals surface area contributed by atoms with Gasteiger partial charge in [-0.2, -0.15) is 0 Å². The summed E-state index contributed by atoms with van der Waals surface area (Å²) in [5.41, 5.74) is 2.11. The van der Waals surface area contributed by atoms with Crippen molar-refractivity contribution in [2.45, 2.75) is 24.7 Å². The fourth-order valence-electron chi connectivity index (χ4n) is 3.21. The zero-order chi connectivity index (χ0) is 23.6. The molecule has 1 aliphatic rings. The van der Waals surface area contributed by atoms with E-state index in [1.165, 1.54) is 6.07 Å². The van der Waals surface area contributed by atoms with Gasteiger partial charge in [0.1, 0.15) is 0 Å². The Morgan fingerprint density at radius 2 is 1.58 bits per heavy atom. The van der Waals surface area contributed by atoms with Gasteiger partial charge in [0, 0.05) is 22.9 Å². The Morgan fingerprint density at radius 3 is 2.24 bits per heavy atom. The number of hydrogen-bond acceptors (Lipinski definition) is 4. The van der Waals surface area contributed by atoms with Crippen molar-refractivity contribution < 1.29 is 18.0 Å². The average Bonchev–Trinajstić information content (AvgIpc) is 3.62. The first-order chi connectivity index (χ1) is 15.7. The third-order valence-corrected chi connectivity index (χ3v) is 7.05. The lowest BCUT2D eigenvalue weighted by Crippen LogP contribution is -2.16. The minimum atomic E-state index is -3.93. The Kier molecular flexibility index (Phi) is 6.40. The molecule has 9 heteroatoms. The van der Waals surface area contributed by atoms with E-state index in [0.29, 0.717) is 22.5 Å². The van der Waals surface area contributed by atoms with Gasteiger partial charge >= 0.3 is 0 Å². The van der Waals surface area contributed by atoms with E-state index in [-0.39, 0.29) is 27.4 Å². The molecule has 0 aliphatic heterocycles. The fourth-order valence-corrected chi connectivity index (χ4v) is 4.80. The summed E-state index contributed by atoms with van der Waals surface area (Å²) >= 11 is 6.08. The maximum atomic E-state index is 12.9. The van der Waals surface area contributed by atoms with Crippen LogP contribution in [-0.4, -0.2) is 20.2 Å². The molecule has 33 heavy (non-hydrogen) atoms. The number of nitrogens with one attached hydrogen (secondary N) is 3. The van der Waals surface area contributed by atoms with Crippen molar-refractivity contribution in [2.75, 3.05) is 15.4 Å². The molecule has 3 N–H and O–H groups in total. The number of hydrogen-bond donors (Lipinski definition) is 3. The van der Waals surface area contributed by atoms with Crippen molar-refractivity contribution in [3.8, 4) is 0 Å². The minimum absolute atomic E-state index is 0.00834. The molecule has 3 aromatic rings. The predicted octanol–water partition coefficient (Wildman–Crippen LogP) is 5.05. The summed E-state index contributed by atoms with van der Waals surface area (Å²) in [5.74, 6) is -0.320. The topological polar surface area (TPSA) is 104 Å². The Balaban J connectivity index is 1.48. The molecule has 4 rings (SSSR count). The van der Waals surface area contributed by atoms with E-state index in [9.17, 15) is 18.0 Å². The Morgan fingerprint density at radius 1 is 0.909 bits per heavy atom. The van der Waals surface area contributed by atoms with Crippen LogP contribution in [0.3, 0.4) is 0 Å². The average molecular weight is 484 g/mol. The van der Waals surface area contributed by atoms with Crippen molar-refractivity contribution in [1.82, 2.24) is 0 Å². The van der Waals surface area contributed by atoms with Crippen molar-refractivity contribution in [3.63, 3.8) is 0 Å². The van der Waals surface area contributed by atoms with Crippen molar-refractivity contribution in [1.29, 1.82) is 0 Å². The van der Waals surface area contributed by atoms with Gasteiger partial charge in [0.15, 0.2) is 0 Å². The van der Waals surface area contributed by atoms with E-state index in [4.69, 9.17) is 11.6 Å². The number of carbonyl (C=O) groups excluding carboxylic acids is 2. The molecular weight excluding hydrogens is 462 g/mol. The summed E-state index contributed by atoms with van der Waals surface area (Å²) in [5, 5.41) is 5.81. The summed E-state index contributed by atoms with van der Waals surface area (Å²) in [7, 11) is -3.93. The Hall–Kier alpha value is -3.36. The van der Waals surface area contributed by atoms with Crippen LogP contribution in [0.5, 0.6) is 0 Å². The van der Waals surface area contributed by atoms with Crippen LogP contribution in [0.25, 0.3) is 0 Å². The number of aryl methyl sites for hydroxylation is 1. The summed E-state index contributed by atoms with van der Waals surface area (Å²) in [4.78, 5) is 24.5. The highest BCUT2D eigenvalue weighted by Crippen LogP contribution is 2.30. The molecule has 0 saturated heterocycles. The first-order valence-corrected chi connectivity index (χ1v) is 12.2.